The summed E-state index contributed by atoms with van der Waals surface area (Å²) in [5.74, 6) is 4.41. The van der Waals surface area contributed by atoms with Crippen molar-refractivity contribution in [3.05, 3.63) is 24.3 Å². The zero-order valence-corrected chi connectivity index (χ0v) is 25.9. The summed E-state index contributed by atoms with van der Waals surface area (Å²) in [6.07, 6.45) is 9.97. The van der Waals surface area contributed by atoms with Crippen molar-refractivity contribution in [1.82, 2.24) is 4.90 Å². The molecule has 1 aromatic carbocycles. The molecule has 0 bridgehead atoms. The molecule has 4 aliphatic carbocycles. The van der Waals surface area contributed by atoms with E-state index < -0.39 is 0 Å². The van der Waals surface area contributed by atoms with Crippen LogP contribution in [0.1, 0.15) is 85.0 Å². The van der Waals surface area contributed by atoms with E-state index in [2.05, 4.69) is 42.7 Å². The van der Waals surface area contributed by atoms with Gasteiger partial charge in [-0.15, -0.1) is 0 Å². The number of carbonyl (C=O) groups is 1. The van der Waals surface area contributed by atoms with E-state index >= 15 is 0 Å². The fourth-order valence-electron chi connectivity index (χ4n) is 10.9. The average Bonchev–Trinajstić information content (AvgIpc) is 3.34. The van der Waals surface area contributed by atoms with Crippen molar-refractivity contribution in [2.75, 3.05) is 38.2 Å². The third kappa shape index (κ3) is 5.19. The minimum Gasteiger partial charge on any atom is -0.497 e. The number of rotatable bonds is 6. The van der Waals surface area contributed by atoms with Gasteiger partial charge in [0.15, 0.2) is 0 Å². The second-order valence-electron chi connectivity index (χ2n) is 15.0. The van der Waals surface area contributed by atoms with Gasteiger partial charge in [-0.05, 0) is 128 Å². The minimum absolute atomic E-state index is 0.178. The number of methoxy groups -OCH3 is 1. The molecule has 6 rings (SSSR count). The molecule has 0 unspecified atom stereocenters. The second-order valence-corrected chi connectivity index (χ2v) is 15.0. The van der Waals surface area contributed by atoms with E-state index in [0.29, 0.717) is 47.8 Å². The maximum absolute atomic E-state index is 13.3. The SMILES string of the molecule is COc1ccc(N2CCN(C(=O)CC[C@@H](C)[C@H]3CC[C@H]4[C@@H]5[C@@H](O)C[C@@H]6C[C@H](O)CC[C@]6(C)[C@H]5CC[C@]34C)CC2)cc1. The molecule has 6 heteroatoms. The Labute approximate surface area is 247 Å². The molecule has 0 spiro atoms. The first-order chi connectivity index (χ1) is 19.6. The number of hydrogen-bond acceptors (Lipinski definition) is 5. The topological polar surface area (TPSA) is 73.2 Å². The number of anilines is 1. The van der Waals surface area contributed by atoms with Gasteiger partial charge in [-0.1, -0.05) is 20.8 Å². The molecule has 1 heterocycles. The van der Waals surface area contributed by atoms with Crippen molar-refractivity contribution in [3.63, 3.8) is 0 Å². The Balaban J connectivity index is 1.03. The summed E-state index contributed by atoms with van der Waals surface area (Å²) in [7, 11) is 1.69. The van der Waals surface area contributed by atoms with Crippen molar-refractivity contribution in [2.45, 2.75) is 97.2 Å². The van der Waals surface area contributed by atoms with Crippen molar-refractivity contribution < 1.29 is 19.7 Å². The standard InChI is InChI=1S/C35H54N2O4/c1-23(5-12-32(40)37-19-17-36(18-20-37)25-6-8-27(41-4)9-7-25)28-10-11-29-33-30(14-16-35(28,29)3)34(2)15-13-26(38)21-24(34)22-31(33)39/h6-9,23-24,26,28-31,33,38-39H,5,10-22H2,1-4H3/t23-,24+,26-,28-,29+,30+,31+,33+,34+,35-/m1/s1. The zero-order valence-electron chi connectivity index (χ0n) is 25.9. The highest BCUT2D eigenvalue weighted by molar-refractivity contribution is 5.76. The van der Waals surface area contributed by atoms with Crippen molar-refractivity contribution in [3.8, 4) is 5.75 Å². The first-order valence-electron chi connectivity index (χ1n) is 16.7. The van der Waals surface area contributed by atoms with Crippen LogP contribution in [0.3, 0.4) is 0 Å². The number of ether oxygens (including phenoxy) is 1. The van der Waals surface area contributed by atoms with Crippen molar-refractivity contribution >= 4 is 11.6 Å². The van der Waals surface area contributed by atoms with Gasteiger partial charge >= 0.3 is 0 Å². The monoisotopic (exact) mass is 566 g/mol. The van der Waals surface area contributed by atoms with Crippen LogP contribution in [-0.4, -0.2) is 66.5 Å². The summed E-state index contributed by atoms with van der Waals surface area (Å²) in [6, 6.07) is 8.21. The Morgan fingerprint density at radius 3 is 2.34 bits per heavy atom. The quantitative estimate of drug-likeness (QED) is 0.459. The number of amides is 1. The number of nitrogens with zero attached hydrogens (tertiary/aromatic N) is 2. The van der Waals surface area contributed by atoms with Crippen LogP contribution in [-0.2, 0) is 4.79 Å². The lowest BCUT2D eigenvalue weighted by Gasteiger charge is -2.62. The molecule has 5 aliphatic rings. The molecule has 0 radical (unpaired) electrons. The molecule has 2 N–H and O–H groups in total. The second kappa shape index (κ2) is 11.4. The predicted octanol–water partition coefficient (Wildman–Crippen LogP) is 5.75. The molecule has 0 aromatic heterocycles. The van der Waals surface area contributed by atoms with Gasteiger partial charge in [0.2, 0.25) is 5.91 Å². The smallest absolute Gasteiger partial charge is 0.222 e. The van der Waals surface area contributed by atoms with E-state index in [0.717, 1.165) is 64.0 Å². The van der Waals surface area contributed by atoms with E-state index in [-0.39, 0.29) is 23.0 Å². The third-order valence-corrected chi connectivity index (χ3v) is 13.3. The molecule has 1 aromatic rings. The Bertz CT molecular complexity index is 1070. The number of aliphatic hydroxyl groups excluding tert-OH is 2. The highest BCUT2D eigenvalue weighted by Crippen LogP contribution is 2.68. The Morgan fingerprint density at radius 2 is 1.63 bits per heavy atom. The number of piperazine rings is 1. The maximum Gasteiger partial charge on any atom is 0.222 e. The summed E-state index contributed by atoms with van der Waals surface area (Å²) >= 11 is 0. The largest absolute Gasteiger partial charge is 0.497 e. The van der Waals surface area contributed by atoms with E-state index in [4.69, 9.17) is 4.74 Å². The van der Waals surface area contributed by atoms with Gasteiger partial charge in [0, 0.05) is 38.3 Å². The molecule has 5 fully saturated rings. The molecule has 4 saturated carbocycles. The number of aliphatic hydroxyl groups is 2. The lowest BCUT2D eigenvalue weighted by molar-refractivity contribution is -0.174. The van der Waals surface area contributed by atoms with Gasteiger partial charge in [0.1, 0.15) is 5.75 Å². The van der Waals surface area contributed by atoms with Gasteiger partial charge in [0.25, 0.3) is 0 Å². The highest BCUT2D eigenvalue weighted by Gasteiger charge is 2.62. The fourth-order valence-corrected chi connectivity index (χ4v) is 10.9. The number of hydrogen-bond donors (Lipinski definition) is 2. The van der Waals surface area contributed by atoms with Crippen LogP contribution in [0.4, 0.5) is 5.69 Å². The third-order valence-electron chi connectivity index (χ3n) is 13.3. The van der Waals surface area contributed by atoms with Crippen molar-refractivity contribution in [1.29, 1.82) is 0 Å². The van der Waals surface area contributed by atoms with Crippen LogP contribution < -0.4 is 9.64 Å². The summed E-state index contributed by atoms with van der Waals surface area (Å²) in [5.41, 5.74) is 1.74. The Hall–Kier alpha value is -1.79. The lowest BCUT2D eigenvalue weighted by atomic mass is 9.43. The van der Waals surface area contributed by atoms with Gasteiger partial charge < -0.3 is 24.7 Å². The van der Waals surface area contributed by atoms with E-state index in [1.54, 1.807) is 7.11 Å². The molecule has 10 atom stereocenters. The summed E-state index contributed by atoms with van der Waals surface area (Å²) < 4.78 is 5.29. The van der Waals surface area contributed by atoms with E-state index in [1.165, 1.54) is 31.4 Å². The molecule has 1 saturated heterocycles. The van der Waals surface area contributed by atoms with Crippen LogP contribution in [0.25, 0.3) is 0 Å². The van der Waals surface area contributed by atoms with Gasteiger partial charge in [-0.25, -0.2) is 0 Å². The van der Waals surface area contributed by atoms with Crippen LogP contribution in [0.5, 0.6) is 5.75 Å². The van der Waals surface area contributed by atoms with Crippen LogP contribution >= 0.6 is 0 Å². The molecular formula is C35H54N2O4. The number of fused-ring (bicyclic) bond motifs is 5. The summed E-state index contributed by atoms with van der Waals surface area (Å²) in [6.45, 7) is 10.8. The highest BCUT2D eigenvalue weighted by atomic mass is 16.5. The molecule has 6 nitrogen and oxygen atoms in total. The van der Waals surface area contributed by atoms with E-state index in [9.17, 15) is 15.0 Å². The number of carbonyl (C=O) groups excluding carboxylic acids is 1. The van der Waals surface area contributed by atoms with Crippen LogP contribution in [0, 0.1) is 46.3 Å². The number of benzene rings is 1. The Morgan fingerprint density at radius 1 is 0.951 bits per heavy atom. The van der Waals surface area contributed by atoms with Crippen molar-refractivity contribution in [2.24, 2.45) is 46.3 Å². The first-order valence-corrected chi connectivity index (χ1v) is 16.7. The van der Waals surface area contributed by atoms with E-state index in [1.807, 2.05) is 12.1 Å². The van der Waals surface area contributed by atoms with Crippen LogP contribution in [0.15, 0.2) is 24.3 Å². The molecule has 41 heavy (non-hydrogen) atoms. The Kier molecular flexibility index (Phi) is 8.12. The van der Waals surface area contributed by atoms with Gasteiger partial charge in [-0.2, -0.15) is 0 Å². The van der Waals surface area contributed by atoms with Crippen LogP contribution in [0.2, 0.25) is 0 Å². The maximum atomic E-state index is 13.3. The average molecular weight is 567 g/mol. The lowest BCUT2D eigenvalue weighted by Crippen LogP contribution is -2.58. The first kappa shape index (κ1) is 29.3. The van der Waals surface area contributed by atoms with Gasteiger partial charge in [0.05, 0.1) is 19.3 Å². The molecule has 228 valence electrons. The van der Waals surface area contributed by atoms with Gasteiger partial charge in [-0.3, -0.25) is 4.79 Å². The zero-order chi connectivity index (χ0) is 28.9. The minimum atomic E-state index is -0.222. The molecule has 1 aliphatic heterocycles. The molecule has 1 amide bonds. The normalized spacial score (nSPS) is 41.3. The predicted molar refractivity (Wildman–Crippen MR) is 163 cm³/mol. The fraction of sp³-hybridized carbons (Fsp3) is 0.800. The molecular weight excluding hydrogens is 512 g/mol. The summed E-state index contributed by atoms with van der Waals surface area (Å²) in [5, 5.41) is 21.9. The summed E-state index contributed by atoms with van der Waals surface area (Å²) in [4.78, 5) is 17.7.